The quantitative estimate of drug-likeness (QED) is 0.0463. The topological polar surface area (TPSA) is 215 Å². The van der Waals surface area contributed by atoms with Gasteiger partial charge in [0.15, 0.2) is 5.96 Å². The van der Waals surface area contributed by atoms with Crippen molar-refractivity contribution in [2.45, 2.75) is 43.4 Å². The van der Waals surface area contributed by atoms with Crippen LogP contribution < -0.4 is 33.2 Å². The highest BCUT2D eigenvalue weighted by Crippen LogP contribution is 2.05. The Labute approximate surface area is 202 Å². The SMILES string of the molecule is CSCCC(NC(=O)C(CCCN=C(N)N)NC(=O)C(N)CS)C(=O)NC(CS)C(=O)O. The molecule has 0 saturated heterocycles. The summed E-state index contributed by atoms with van der Waals surface area (Å²) in [7, 11) is 0. The second-order valence-electron chi connectivity index (χ2n) is 6.72. The Hall–Kier alpha value is -1.84. The summed E-state index contributed by atoms with van der Waals surface area (Å²) in [6, 6.07) is -4.14. The van der Waals surface area contributed by atoms with Crippen molar-refractivity contribution in [3.63, 3.8) is 0 Å². The summed E-state index contributed by atoms with van der Waals surface area (Å²) in [6.07, 6.45) is 2.63. The third-order valence-corrected chi connectivity index (χ3v) is 5.56. The zero-order valence-electron chi connectivity index (χ0n) is 17.8. The molecule has 4 unspecified atom stereocenters. The van der Waals surface area contributed by atoms with E-state index >= 15 is 0 Å². The molecule has 0 bridgehead atoms. The van der Waals surface area contributed by atoms with E-state index in [1.165, 1.54) is 11.8 Å². The average Bonchev–Trinajstić information content (AvgIpc) is 2.75. The normalized spacial score (nSPS) is 14.4. The Kier molecular flexibility index (Phi) is 15.8. The standard InChI is InChI=1S/C17H33N7O5S3/c1-32-6-4-11(15(27)24-12(8-31)16(28)29)23-14(26)10(3-2-5-21-17(19)20)22-13(25)9(18)7-30/h9-12,30-31H,2-8,18H2,1H3,(H,22,25)(H,23,26)(H,24,27)(H,28,29)(H4,19,20,21). The minimum Gasteiger partial charge on any atom is -0.480 e. The number of nitrogens with two attached hydrogens (primary N) is 3. The number of nitrogens with one attached hydrogen (secondary N) is 3. The molecular formula is C17H33N7O5S3. The van der Waals surface area contributed by atoms with E-state index in [1.54, 1.807) is 0 Å². The predicted octanol–water partition coefficient (Wildman–Crippen LogP) is -2.48. The molecule has 3 amide bonds. The summed E-state index contributed by atoms with van der Waals surface area (Å²) < 4.78 is 0. The number of hydrogen-bond donors (Lipinski definition) is 9. The van der Waals surface area contributed by atoms with Crippen LogP contribution in [-0.4, -0.2) is 89.0 Å². The van der Waals surface area contributed by atoms with Gasteiger partial charge in [0.1, 0.15) is 18.1 Å². The first-order valence-corrected chi connectivity index (χ1v) is 12.4. The molecule has 32 heavy (non-hydrogen) atoms. The Morgan fingerprint density at radius 2 is 1.47 bits per heavy atom. The van der Waals surface area contributed by atoms with Crippen LogP contribution in [0.5, 0.6) is 0 Å². The molecule has 0 aliphatic carbocycles. The second-order valence-corrected chi connectivity index (χ2v) is 8.44. The van der Waals surface area contributed by atoms with Gasteiger partial charge in [0.25, 0.3) is 0 Å². The van der Waals surface area contributed by atoms with Gasteiger partial charge in [-0.2, -0.15) is 37.0 Å². The minimum atomic E-state index is -1.24. The molecule has 4 atom stereocenters. The van der Waals surface area contributed by atoms with E-state index in [2.05, 4.69) is 46.2 Å². The Morgan fingerprint density at radius 1 is 0.938 bits per heavy atom. The van der Waals surface area contributed by atoms with Crippen molar-refractivity contribution >= 4 is 66.7 Å². The second kappa shape index (κ2) is 16.7. The van der Waals surface area contributed by atoms with Gasteiger partial charge in [-0.25, -0.2) is 4.79 Å². The monoisotopic (exact) mass is 511 g/mol. The van der Waals surface area contributed by atoms with Gasteiger partial charge >= 0.3 is 5.97 Å². The van der Waals surface area contributed by atoms with E-state index in [0.29, 0.717) is 12.2 Å². The van der Waals surface area contributed by atoms with E-state index < -0.39 is 47.9 Å². The minimum absolute atomic E-state index is 0.0766. The molecule has 0 aliphatic rings. The number of thiol groups is 2. The summed E-state index contributed by atoms with van der Waals surface area (Å²) in [5, 5.41) is 16.6. The van der Waals surface area contributed by atoms with Crippen molar-refractivity contribution in [3.8, 4) is 0 Å². The maximum atomic E-state index is 12.9. The van der Waals surface area contributed by atoms with Crippen LogP contribution in [0.1, 0.15) is 19.3 Å². The maximum absolute atomic E-state index is 12.9. The molecular weight excluding hydrogens is 478 g/mol. The largest absolute Gasteiger partial charge is 0.480 e. The van der Waals surface area contributed by atoms with Crippen LogP contribution in [0.15, 0.2) is 4.99 Å². The molecule has 0 aromatic carbocycles. The summed E-state index contributed by atoms with van der Waals surface area (Å²) in [5.41, 5.74) is 16.2. The molecule has 0 aliphatic heterocycles. The van der Waals surface area contributed by atoms with Crippen LogP contribution in [0.2, 0.25) is 0 Å². The van der Waals surface area contributed by atoms with Gasteiger partial charge in [-0.3, -0.25) is 19.4 Å². The fourth-order valence-corrected chi connectivity index (χ4v) is 3.25. The van der Waals surface area contributed by atoms with Crippen molar-refractivity contribution in [2.24, 2.45) is 22.2 Å². The van der Waals surface area contributed by atoms with Gasteiger partial charge in [-0.15, -0.1) is 0 Å². The molecule has 0 heterocycles. The molecule has 0 saturated carbocycles. The average molecular weight is 512 g/mol. The number of carbonyl (C=O) groups is 4. The maximum Gasteiger partial charge on any atom is 0.327 e. The number of hydrogen-bond acceptors (Lipinski definition) is 9. The fourth-order valence-electron chi connectivity index (χ4n) is 2.37. The number of amides is 3. The molecule has 12 nitrogen and oxygen atoms in total. The summed E-state index contributed by atoms with van der Waals surface area (Å²) >= 11 is 9.35. The van der Waals surface area contributed by atoms with Crippen molar-refractivity contribution in [3.05, 3.63) is 0 Å². The number of carboxylic acid groups (broad SMARTS) is 1. The lowest BCUT2D eigenvalue weighted by Crippen LogP contribution is -2.57. The van der Waals surface area contributed by atoms with E-state index in [0.717, 1.165) is 0 Å². The van der Waals surface area contributed by atoms with Crippen molar-refractivity contribution in [2.75, 3.05) is 30.1 Å². The number of thioether (sulfide) groups is 1. The van der Waals surface area contributed by atoms with E-state index in [4.69, 9.17) is 22.3 Å². The highest BCUT2D eigenvalue weighted by Gasteiger charge is 2.29. The predicted molar refractivity (Wildman–Crippen MR) is 132 cm³/mol. The number of nitrogens with zero attached hydrogens (tertiary/aromatic N) is 1. The van der Waals surface area contributed by atoms with Gasteiger partial charge in [0.05, 0.1) is 6.04 Å². The third-order valence-electron chi connectivity index (χ3n) is 4.15. The number of aliphatic carboxylic acids is 1. The smallest absolute Gasteiger partial charge is 0.327 e. The number of rotatable bonds is 16. The molecule has 0 rings (SSSR count). The van der Waals surface area contributed by atoms with Crippen LogP contribution in [0.25, 0.3) is 0 Å². The number of guanidine groups is 1. The highest BCUT2D eigenvalue weighted by atomic mass is 32.2. The lowest BCUT2D eigenvalue weighted by molar-refractivity contribution is -0.141. The van der Waals surface area contributed by atoms with Gasteiger partial charge in [-0.1, -0.05) is 0 Å². The third kappa shape index (κ3) is 12.3. The van der Waals surface area contributed by atoms with Crippen molar-refractivity contribution in [1.82, 2.24) is 16.0 Å². The lowest BCUT2D eigenvalue weighted by atomic mass is 10.1. The molecule has 0 radical (unpaired) electrons. The van der Waals surface area contributed by atoms with Gasteiger partial charge in [0, 0.05) is 18.1 Å². The van der Waals surface area contributed by atoms with Crippen molar-refractivity contribution in [1.29, 1.82) is 0 Å². The first-order chi connectivity index (χ1) is 15.1. The van der Waals surface area contributed by atoms with Crippen LogP contribution in [0.3, 0.4) is 0 Å². The van der Waals surface area contributed by atoms with Crippen LogP contribution in [0.4, 0.5) is 0 Å². The summed E-state index contributed by atoms with van der Waals surface area (Å²) in [5.74, 6) is -2.70. The molecule has 15 heteroatoms. The molecule has 0 aromatic rings. The lowest BCUT2D eigenvalue weighted by Gasteiger charge is -2.24. The first-order valence-electron chi connectivity index (χ1n) is 9.72. The van der Waals surface area contributed by atoms with E-state index in [9.17, 15) is 19.2 Å². The summed E-state index contributed by atoms with van der Waals surface area (Å²) in [4.78, 5) is 52.7. The zero-order valence-corrected chi connectivity index (χ0v) is 20.4. The Bertz CT molecular complexity index is 664. The number of carboxylic acids is 1. The molecule has 0 fully saturated rings. The van der Waals surface area contributed by atoms with E-state index in [1.807, 2.05) is 6.26 Å². The van der Waals surface area contributed by atoms with Crippen LogP contribution in [0, 0.1) is 0 Å². The Balaban J connectivity index is 5.39. The molecule has 10 N–H and O–H groups in total. The van der Waals surface area contributed by atoms with E-state index in [-0.39, 0.29) is 36.9 Å². The van der Waals surface area contributed by atoms with Gasteiger partial charge in [0.2, 0.25) is 17.7 Å². The van der Waals surface area contributed by atoms with Crippen LogP contribution >= 0.6 is 37.0 Å². The number of carbonyl (C=O) groups excluding carboxylic acids is 3. The number of aliphatic imine (C=N–C) groups is 1. The zero-order chi connectivity index (χ0) is 24.7. The highest BCUT2D eigenvalue weighted by molar-refractivity contribution is 7.98. The molecule has 0 spiro atoms. The molecule has 0 aromatic heterocycles. The fraction of sp³-hybridized carbons (Fsp3) is 0.706. The molecule has 184 valence electrons. The first kappa shape index (κ1) is 30.2. The van der Waals surface area contributed by atoms with Gasteiger partial charge < -0.3 is 38.3 Å². The van der Waals surface area contributed by atoms with Crippen molar-refractivity contribution < 1.29 is 24.3 Å². The Morgan fingerprint density at radius 3 is 1.94 bits per heavy atom. The van der Waals surface area contributed by atoms with Gasteiger partial charge in [-0.05, 0) is 31.3 Å². The summed E-state index contributed by atoms with van der Waals surface area (Å²) in [6.45, 7) is 0.235. The van der Waals surface area contributed by atoms with Crippen LogP contribution in [-0.2, 0) is 19.2 Å².